The van der Waals surface area contributed by atoms with E-state index in [0.717, 1.165) is 6.42 Å². The van der Waals surface area contributed by atoms with Gasteiger partial charge < -0.3 is 10.4 Å². The molecule has 3 heteroatoms. The summed E-state index contributed by atoms with van der Waals surface area (Å²) >= 11 is 1.69. The van der Waals surface area contributed by atoms with E-state index in [4.69, 9.17) is 5.11 Å². The van der Waals surface area contributed by atoms with Gasteiger partial charge in [0.2, 0.25) is 0 Å². The Morgan fingerprint density at radius 3 is 3.00 bits per heavy atom. The normalized spacial score (nSPS) is 13.3. The van der Waals surface area contributed by atoms with Crippen molar-refractivity contribution >= 4 is 11.3 Å². The predicted octanol–water partition coefficient (Wildman–Crippen LogP) is 1.39. The van der Waals surface area contributed by atoms with Crippen LogP contribution in [0.2, 0.25) is 0 Å². The molecule has 0 radical (unpaired) electrons. The van der Waals surface area contributed by atoms with Crippen LogP contribution in [-0.2, 0) is 0 Å². The van der Waals surface area contributed by atoms with Crippen LogP contribution in [0.15, 0.2) is 16.8 Å². The van der Waals surface area contributed by atoms with Gasteiger partial charge in [0.15, 0.2) is 0 Å². The van der Waals surface area contributed by atoms with E-state index >= 15 is 0 Å². The maximum absolute atomic E-state index is 8.73. The summed E-state index contributed by atoms with van der Waals surface area (Å²) in [6.07, 6.45) is 0.785. The second kappa shape index (κ2) is 4.49. The predicted molar refractivity (Wildman–Crippen MR) is 47.8 cm³/mol. The summed E-state index contributed by atoms with van der Waals surface area (Å²) in [5, 5.41) is 16.0. The molecule has 62 valence electrons. The van der Waals surface area contributed by atoms with Gasteiger partial charge >= 0.3 is 0 Å². The van der Waals surface area contributed by atoms with E-state index < -0.39 is 0 Å². The Labute approximate surface area is 70.9 Å². The lowest BCUT2D eigenvalue weighted by atomic mass is 10.1. The Balaban J connectivity index is 2.56. The van der Waals surface area contributed by atoms with Crippen LogP contribution in [0, 0.1) is 0 Å². The summed E-state index contributed by atoms with van der Waals surface area (Å²) in [5.41, 5.74) is 1.27. The first-order chi connectivity index (χ1) is 5.38. The lowest BCUT2D eigenvalue weighted by molar-refractivity contribution is 0.269. The summed E-state index contributed by atoms with van der Waals surface area (Å²) in [5.74, 6) is 0. The molecule has 0 fully saturated rings. The molecule has 0 aliphatic carbocycles. The van der Waals surface area contributed by atoms with E-state index in [9.17, 15) is 0 Å². The van der Waals surface area contributed by atoms with E-state index in [2.05, 4.69) is 22.1 Å². The molecule has 1 atom stereocenters. The molecule has 11 heavy (non-hydrogen) atoms. The molecule has 0 aromatic carbocycles. The van der Waals surface area contributed by atoms with Crippen LogP contribution in [0.25, 0.3) is 0 Å². The third kappa shape index (κ3) is 2.29. The fraction of sp³-hybridized carbons (Fsp3) is 0.500. The van der Waals surface area contributed by atoms with Crippen molar-refractivity contribution in [3.05, 3.63) is 22.4 Å². The van der Waals surface area contributed by atoms with Crippen molar-refractivity contribution in [2.24, 2.45) is 0 Å². The molecule has 0 saturated heterocycles. The Hall–Kier alpha value is -0.380. The van der Waals surface area contributed by atoms with Gasteiger partial charge in [-0.25, -0.2) is 0 Å². The highest BCUT2D eigenvalue weighted by Gasteiger charge is 2.07. The third-order valence-corrected chi connectivity index (χ3v) is 2.41. The number of hydrogen-bond donors (Lipinski definition) is 2. The lowest BCUT2D eigenvalue weighted by Gasteiger charge is -2.12. The number of thiophene rings is 1. The molecule has 0 aliphatic rings. The zero-order valence-corrected chi connectivity index (χ0v) is 7.40. The Morgan fingerprint density at radius 2 is 2.55 bits per heavy atom. The van der Waals surface area contributed by atoms with Crippen molar-refractivity contribution in [1.82, 2.24) is 5.32 Å². The molecule has 1 aromatic rings. The van der Waals surface area contributed by atoms with Crippen LogP contribution in [0.3, 0.4) is 0 Å². The SMILES string of the molecule is CN[C@@H](CCO)c1ccsc1. The molecule has 1 aromatic heterocycles. The average molecular weight is 171 g/mol. The monoisotopic (exact) mass is 171 g/mol. The van der Waals surface area contributed by atoms with Crippen molar-refractivity contribution in [2.75, 3.05) is 13.7 Å². The van der Waals surface area contributed by atoms with Gasteiger partial charge in [0.05, 0.1) is 0 Å². The Morgan fingerprint density at radius 1 is 1.73 bits per heavy atom. The Bertz CT molecular complexity index is 186. The summed E-state index contributed by atoms with van der Waals surface area (Å²) in [6.45, 7) is 0.237. The number of rotatable bonds is 4. The summed E-state index contributed by atoms with van der Waals surface area (Å²) in [6, 6.07) is 2.40. The first-order valence-electron chi connectivity index (χ1n) is 3.68. The molecule has 0 bridgehead atoms. The van der Waals surface area contributed by atoms with Crippen molar-refractivity contribution in [3.8, 4) is 0 Å². The molecular weight excluding hydrogens is 158 g/mol. The van der Waals surface area contributed by atoms with Gasteiger partial charge in [0.25, 0.3) is 0 Å². The standard InChI is InChI=1S/C8H13NOS/c1-9-8(2-4-10)7-3-5-11-6-7/h3,5-6,8-10H,2,4H2,1H3/t8-/m0/s1. The van der Waals surface area contributed by atoms with Crippen molar-refractivity contribution < 1.29 is 5.11 Å². The van der Waals surface area contributed by atoms with Crippen LogP contribution in [-0.4, -0.2) is 18.8 Å². The van der Waals surface area contributed by atoms with Crippen LogP contribution >= 0.6 is 11.3 Å². The van der Waals surface area contributed by atoms with Gasteiger partial charge in [-0.15, -0.1) is 0 Å². The first-order valence-corrected chi connectivity index (χ1v) is 4.63. The van der Waals surface area contributed by atoms with Gasteiger partial charge in [-0.3, -0.25) is 0 Å². The highest BCUT2D eigenvalue weighted by atomic mass is 32.1. The smallest absolute Gasteiger partial charge is 0.0449 e. The maximum Gasteiger partial charge on any atom is 0.0449 e. The minimum atomic E-state index is 0.237. The van der Waals surface area contributed by atoms with Crippen LogP contribution in [0.4, 0.5) is 0 Å². The molecule has 0 spiro atoms. The quantitative estimate of drug-likeness (QED) is 0.717. The number of aliphatic hydroxyl groups excluding tert-OH is 1. The highest BCUT2D eigenvalue weighted by molar-refractivity contribution is 7.07. The van der Waals surface area contributed by atoms with Gasteiger partial charge in [0.1, 0.15) is 0 Å². The molecule has 0 unspecified atom stereocenters. The van der Waals surface area contributed by atoms with E-state index in [-0.39, 0.29) is 6.61 Å². The highest BCUT2D eigenvalue weighted by Crippen LogP contribution is 2.18. The lowest BCUT2D eigenvalue weighted by Crippen LogP contribution is -2.16. The maximum atomic E-state index is 8.73. The fourth-order valence-electron chi connectivity index (χ4n) is 1.08. The third-order valence-electron chi connectivity index (χ3n) is 1.71. The average Bonchev–Trinajstić information content (AvgIpc) is 2.52. The molecule has 1 heterocycles. The zero-order valence-electron chi connectivity index (χ0n) is 6.58. The number of aliphatic hydroxyl groups is 1. The summed E-state index contributed by atoms with van der Waals surface area (Å²) in [4.78, 5) is 0. The second-order valence-corrected chi connectivity index (χ2v) is 3.19. The van der Waals surface area contributed by atoms with Crippen molar-refractivity contribution in [2.45, 2.75) is 12.5 Å². The minimum absolute atomic E-state index is 0.237. The fourth-order valence-corrected chi connectivity index (χ4v) is 1.79. The largest absolute Gasteiger partial charge is 0.396 e. The van der Waals surface area contributed by atoms with Crippen molar-refractivity contribution in [1.29, 1.82) is 0 Å². The summed E-state index contributed by atoms with van der Waals surface area (Å²) < 4.78 is 0. The van der Waals surface area contributed by atoms with Gasteiger partial charge in [-0.2, -0.15) is 11.3 Å². The van der Waals surface area contributed by atoms with Crippen molar-refractivity contribution in [3.63, 3.8) is 0 Å². The minimum Gasteiger partial charge on any atom is -0.396 e. The van der Waals surface area contributed by atoms with E-state index in [1.54, 1.807) is 11.3 Å². The van der Waals surface area contributed by atoms with E-state index in [1.807, 2.05) is 7.05 Å². The van der Waals surface area contributed by atoms with Crippen LogP contribution in [0.1, 0.15) is 18.0 Å². The van der Waals surface area contributed by atoms with Gasteiger partial charge in [0, 0.05) is 12.6 Å². The number of nitrogens with one attached hydrogen (secondary N) is 1. The molecule has 0 aliphatic heterocycles. The Kier molecular flexibility index (Phi) is 3.56. The van der Waals surface area contributed by atoms with Gasteiger partial charge in [-0.05, 0) is 35.9 Å². The van der Waals surface area contributed by atoms with Crippen LogP contribution in [0.5, 0.6) is 0 Å². The molecule has 1 rings (SSSR count). The number of hydrogen-bond acceptors (Lipinski definition) is 3. The van der Waals surface area contributed by atoms with Crippen LogP contribution < -0.4 is 5.32 Å². The summed E-state index contributed by atoms with van der Waals surface area (Å²) in [7, 11) is 1.91. The van der Waals surface area contributed by atoms with Gasteiger partial charge in [-0.1, -0.05) is 0 Å². The molecular formula is C8H13NOS. The van der Waals surface area contributed by atoms with E-state index in [0.29, 0.717) is 6.04 Å². The molecule has 0 saturated carbocycles. The molecule has 2 N–H and O–H groups in total. The first kappa shape index (κ1) is 8.71. The topological polar surface area (TPSA) is 32.3 Å². The second-order valence-electron chi connectivity index (χ2n) is 2.41. The zero-order chi connectivity index (χ0) is 8.10. The van der Waals surface area contributed by atoms with E-state index in [1.165, 1.54) is 5.56 Å². The molecule has 0 amide bonds. The molecule has 2 nitrogen and oxygen atoms in total.